The van der Waals surface area contributed by atoms with Gasteiger partial charge >= 0.3 is 0 Å². The van der Waals surface area contributed by atoms with Crippen molar-refractivity contribution in [2.24, 2.45) is 5.14 Å². The first-order chi connectivity index (χ1) is 4.61. The molecule has 1 fully saturated rings. The lowest BCUT2D eigenvalue weighted by Gasteiger charge is -2.22. The van der Waals surface area contributed by atoms with Crippen LogP contribution in [0.25, 0.3) is 0 Å². The molecule has 0 aromatic heterocycles. The highest BCUT2D eigenvalue weighted by Gasteiger charge is 2.21. The molecule has 0 aliphatic carbocycles. The number of rotatable bonds is 1. The van der Waals surface area contributed by atoms with Crippen LogP contribution in [0.2, 0.25) is 0 Å². The quantitative estimate of drug-likeness (QED) is 0.425. The van der Waals surface area contributed by atoms with E-state index in [2.05, 4.69) is 10.6 Å². The molecule has 10 heavy (non-hydrogen) atoms. The largest absolute Gasteiger partial charge is 0.288 e. The van der Waals surface area contributed by atoms with Crippen LogP contribution in [0, 0.1) is 0 Å². The molecule has 1 aliphatic rings. The molecule has 0 bridgehead atoms. The first kappa shape index (κ1) is 7.93. The Kier molecular flexibility index (Phi) is 2.24. The Morgan fingerprint density at radius 1 is 1.30 bits per heavy atom. The first-order valence-electron chi connectivity index (χ1n) is 3.09. The number of hydrogen-bond donors (Lipinski definition) is 3. The van der Waals surface area contributed by atoms with E-state index in [0.29, 0.717) is 13.1 Å². The van der Waals surface area contributed by atoms with Crippen LogP contribution in [0.15, 0.2) is 0 Å². The fourth-order valence-corrected chi connectivity index (χ4v) is 1.56. The molecule has 0 amide bonds. The van der Waals surface area contributed by atoms with Gasteiger partial charge in [0.1, 0.15) is 0 Å². The second kappa shape index (κ2) is 2.83. The second-order valence-electron chi connectivity index (χ2n) is 2.23. The average molecular weight is 165 g/mol. The van der Waals surface area contributed by atoms with Gasteiger partial charge in [-0.15, -0.1) is 0 Å². The van der Waals surface area contributed by atoms with Gasteiger partial charge in [0.05, 0.1) is 0 Å². The van der Waals surface area contributed by atoms with Crippen molar-refractivity contribution in [1.82, 2.24) is 10.6 Å². The summed E-state index contributed by atoms with van der Waals surface area (Å²) in [7, 11) is -3.45. The number of primary sulfonamides is 1. The molecule has 0 saturated carbocycles. The van der Waals surface area contributed by atoms with Crippen LogP contribution in [0.3, 0.4) is 0 Å². The normalized spacial score (nSPS) is 22.9. The van der Waals surface area contributed by atoms with Crippen molar-refractivity contribution >= 4 is 10.0 Å². The molecule has 4 N–H and O–H groups in total. The number of sulfonamides is 1. The predicted molar refractivity (Wildman–Crippen MR) is 37.5 cm³/mol. The Labute approximate surface area is 60.0 Å². The lowest BCUT2D eigenvalue weighted by atomic mass is 10.4. The monoisotopic (exact) mass is 165 g/mol. The molecule has 1 rings (SSSR count). The third kappa shape index (κ3) is 1.91. The maximum Gasteiger partial charge on any atom is 0.239 e. The van der Waals surface area contributed by atoms with Crippen LogP contribution in [0.1, 0.15) is 6.42 Å². The smallest absolute Gasteiger partial charge is 0.239 e. The lowest BCUT2D eigenvalue weighted by Crippen LogP contribution is -2.55. The second-order valence-corrected chi connectivity index (χ2v) is 3.88. The van der Waals surface area contributed by atoms with Crippen LogP contribution in [0.5, 0.6) is 0 Å². The lowest BCUT2D eigenvalue weighted by molar-refractivity contribution is 0.437. The summed E-state index contributed by atoms with van der Waals surface area (Å²) >= 11 is 0. The number of nitrogens with two attached hydrogens (primary N) is 1. The standard InChI is InChI=1S/C4H11N3O2S/c5-10(8,9)4-6-2-1-3-7-4/h4,6-7H,1-3H2,(H2,5,8,9). The highest BCUT2D eigenvalue weighted by Crippen LogP contribution is 1.92. The maximum atomic E-state index is 10.6. The molecule has 0 spiro atoms. The molecule has 0 aromatic rings. The van der Waals surface area contributed by atoms with Gasteiger partial charge < -0.3 is 0 Å². The zero-order valence-corrected chi connectivity index (χ0v) is 6.32. The first-order valence-corrected chi connectivity index (χ1v) is 4.70. The molecule has 0 aromatic carbocycles. The fraction of sp³-hybridized carbons (Fsp3) is 1.00. The van der Waals surface area contributed by atoms with Crippen molar-refractivity contribution in [2.75, 3.05) is 13.1 Å². The summed E-state index contributed by atoms with van der Waals surface area (Å²) in [6.07, 6.45) is 0.937. The molecule has 6 heteroatoms. The van der Waals surface area contributed by atoms with Crippen LogP contribution in [0.4, 0.5) is 0 Å². The highest BCUT2D eigenvalue weighted by molar-refractivity contribution is 7.89. The molecule has 1 heterocycles. The van der Waals surface area contributed by atoms with Gasteiger partial charge in [0.2, 0.25) is 10.0 Å². The maximum absolute atomic E-state index is 10.6. The van der Waals surface area contributed by atoms with E-state index in [4.69, 9.17) is 5.14 Å². The van der Waals surface area contributed by atoms with Gasteiger partial charge in [-0.1, -0.05) is 0 Å². The summed E-state index contributed by atoms with van der Waals surface area (Å²) in [5.74, 6) is 0. The zero-order chi connectivity index (χ0) is 7.61. The SMILES string of the molecule is NS(=O)(=O)C1NCCCN1. The molecule has 0 radical (unpaired) electrons. The van der Waals surface area contributed by atoms with E-state index in [1.807, 2.05) is 0 Å². The summed E-state index contributed by atoms with van der Waals surface area (Å²) in [4.78, 5) is 0. The molecule has 60 valence electrons. The zero-order valence-electron chi connectivity index (χ0n) is 5.50. The third-order valence-corrected chi connectivity index (χ3v) is 2.33. The van der Waals surface area contributed by atoms with Crippen LogP contribution in [-0.2, 0) is 10.0 Å². The number of hydrogen-bond acceptors (Lipinski definition) is 4. The summed E-state index contributed by atoms with van der Waals surface area (Å²) in [5, 5.41) is 10.3. The highest BCUT2D eigenvalue weighted by atomic mass is 32.2. The topological polar surface area (TPSA) is 84.2 Å². The van der Waals surface area contributed by atoms with Gasteiger partial charge in [0.15, 0.2) is 5.50 Å². The van der Waals surface area contributed by atoms with Gasteiger partial charge in [-0.3, -0.25) is 10.6 Å². The van der Waals surface area contributed by atoms with Gasteiger partial charge in [0.25, 0.3) is 0 Å². The van der Waals surface area contributed by atoms with Crippen LogP contribution in [-0.4, -0.2) is 27.0 Å². The van der Waals surface area contributed by atoms with E-state index in [1.54, 1.807) is 0 Å². The number of nitrogens with one attached hydrogen (secondary N) is 2. The van der Waals surface area contributed by atoms with Crippen molar-refractivity contribution in [3.8, 4) is 0 Å². The Bertz CT molecular complexity index is 195. The predicted octanol–water partition coefficient (Wildman–Crippen LogP) is -1.86. The van der Waals surface area contributed by atoms with E-state index in [0.717, 1.165) is 6.42 Å². The molecule has 5 nitrogen and oxygen atoms in total. The van der Waals surface area contributed by atoms with E-state index in [1.165, 1.54) is 0 Å². The van der Waals surface area contributed by atoms with Crippen molar-refractivity contribution in [3.63, 3.8) is 0 Å². The van der Waals surface area contributed by atoms with Crippen molar-refractivity contribution in [1.29, 1.82) is 0 Å². The van der Waals surface area contributed by atoms with Crippen molar-refractivity contribution in [3.05, 3.63) is 0 Å². The fourth-order valence-electron chi connectivity index (χ4n) is 0.859. The van der Waals surface area contributed by atoms with Gasteiger partial charge in [0, 0.05) is 0 Å². The van der Waals surface area contributed by atoms with Gasteiger partial charge in [-0.2, -0.15) is 0 Å². The summed E-state index contributed by atoms with van der Waals surface area (Å²) in [5.41, 5.74) is -0.749. The Balaban J connectivity index is 2.56. The molecular weight excluding hydrogens is 154 g/mol. The molecular formula is C4H11N3O2S. The molecule has 1 saturated heterocycles. The van der Waals surface area contributed by atoms with Gasteiger partial charge in [-0.05, 0) is 19.5 Å². The molecule has 0 unspecified atom stereocenters. The van der Waals surface area contributed by atoms with E-state index >= 15 is 0 Å². The molecule has 0 atom stereocenters. The third-order valence-electron chi connectivity index (χ3n) is 1.34. The average Bonchev–Trinajstić information content (AvgIpc) is 1.88. The molecule has 1 aliphatic heterocycles. The minimum atomic E-state index is -3.45. The van der Waals surface area contributed by atoms with E-state index < -0.39 is 15.5 Å². The van der Waals surface area contributed by atoms with Gasteiger partial charge in [-0.25, -0.2) is 13.6 Å². The Hall–Kier alpha value is -0.170. The van der Waals surface area contributed by atoms with Crippen molar-refractivity contribution in [2.45, 2.75) is 11.9 Å². The van der Waals surface area contributed by atoms with Crippen molar-refractivity contribution < 1.29 is 8.42 Å². The van der Waals surface area contributed by atoms with Crippen LogP contribution >= 0.6 is 0 Å². The summed E-state index contributed by atoms with van der Waals surface area (Å²) in [6, 6.07) is 0. The van der Waals surface area contributed by atoms with Crippen LogP contribution < -0.4 is 15.8 Å². The summed E-state index contributed by atoms with van der Waals surface area (Å²) < 4.78 is 21.3. The Morgan fingerprint density at radius 3 is 2.10 bits per heavy atom. The minimum absolute atomic E-state index is 0.702. The Morgan fingerprint density at radius 2 is 1.80 bits per heavy atom. The minimum Gasteiger partial charge on any atom is -0.288 e. The van der Waals surface area contributed by atoms with E-state index in [9.17, 15) is 8.42 Å². The summed E-state index contributed by atoms with van der Waals surface area (Å²) in [6.45, 7) is 1.40. The van der Waals surface area contributed by atoms with E-state index in [-0.39, 0.29) is 0 Å².